The van der Waals surface area contributed by atoms with E-state index >= 15 is 0 Å². The monoisotopic (exact) mass is 348 g/mol. The number of hydrogen-bond donors (Lipinski definition) is 0. The molecule has 1 aromatic carbocycles. The van der Waals surface area contributed by atoms with E-state index in [0.717, 1.165) is 28.2 Å². The van der Waals surface area contributed by atoms with Gasteiger partial charge in [0.15, 0.2) is 5.65 Å². The Morgan fingerprint density at radius 3 is 2.69 bits per heavy atom. The molecule has 132 valence electrons. The number of rotatable bonds is 5. The zero-order valence-corrected chi connectivity index (χ0v) is 15.0. The van der Waals surface area contributed by atoms with E-state index < -0.39 is 0 Å². The summed E-state index contributed by atoms with van der Waals surface area (Å²) in [5.74, 6) is 1.13. The van der Waals surface area contributed by atoms with Gasteiger partial charge in [0.1, 0.15) is 0 Å². The van der Waals surface area contributed by atoms with E-state index in [1.807, 2.05) is 68.0 Å². The predicted molar refractivity (Wildman–Crippen MR) is 97.4 cm³/mol. The van der Waals surface area contributed by atoms with Crippen molar-refractivity contribution < 1.29 is 4.42 Å². The maximum atomic E-state index is 5.78. The molecule has 0 aliphatic heterocycles. The molecule has 0 aliphatic carbocycles. The van der Waals surface area contributed by atoms with E-state index in [-0.39, 0.29) is 0 Å². The summed E-state index contributed by atoms with van der Waals surface area (Å²) in [6.07, 6.45) is 1.87. The lowest BCUT2D eigenvalue weighted by molar-refractivity contribution is 0.283. The molecule has 3 heterocycles. The Labute approximate surface area is 151 Å². The second kappa shape index (κ2) is 6.68. The quantitative estimate of drug-likeness (QED) is 0.552. The molecule has 0 unspecified atom stereocenters. The fraction of sp³-hybridized carbons (Fsp3) is 0.263. The third-order valence-electron chi connectivity index (χ3n) is 4.18. The average Bonchev–Trinajstić information content (AvgIpc) is 3.23. The van der Waals surface area contributed by atoms with Crippen molar-refractivity contribution in [3.05, 3.63) is 65.4 Å². The van der Waals surface area contributed by atoms with Crippen LogP contribution in [0.5, 0.6) is 0 Å². The maximum Gasteiger partial charge on any atom is 0.247 e. The van der Waals surface area contributed by atoms with Crippen molar-refractivity contribution in [3.63, 3.8) is 0 Å². The van der Waals surface area contributed by atoms with Crippen LogP contribution < -0.4 is 0 Å². The predicted octanol–water partition coefficient (Wildman–Crippen LogP) is 3.03. The fourth-order valence-electron chi connectivity index (χ4n) is 3.02. The summed E-state index contributed by atoms with van der Waals surface area (Å²) >= 11 is 0. The highest BCUT2D eigenvalue weighted by Crippen LogP contribution is 2.18. The van der Waals surface area contributed by atoms with Crippen molar-refractivity contribution in [2.45, 2.75) is 26.9 Å². The molecule has 4 aromatic rings. The van der Waals surface area contributed by atoms with Crippen LogP contribution in [0.4, 0.5) is 0 Å². The van der Waals surface area contributed by atoms with Gasteiger partial charge in [-0.3, -0.25) is 4.90 Å². The molecule has 0 atom stereocenters. The molecule has 0 saturated carbocycles. The van der Waals surface area contributed by atoms with Crippen LogP contribution in [-0.2, 0) is 13.1 Å². The van der Waals surface area contributed by atoms with Crippen LogP contribution in [0.1, 0.15) is 22.8 Å². The van der Waals surface area contributed by atoms with Crippen LogP contribution >= 0.6 is 0 Å². The standard InChI is InChI=1S/C19H20N6O/c1-13-9-14(2)25-18(21-13)16(10-20-25)11-24(3)12-17-22-23-19(26-17)15-7-5-4-6-8-15/h4-10H,11-12H2,1-3H3. The molecule has 0 N–H and O–H groups in total. The van der Waals surface area contributed by atoms with Gasteiger partial charge in [0.25, 0.3) is 0 Å². The first-order chi connectivity index (χ1) is 12.6. The van der Waals surface area contributed by atoms with Crippen LogP contribution in [0.25, 0.3) is 17.1 Å². The van der Waals surface area contributed by atoms with Crippen LogP contribution in [-0.4, -0.2) is 36.7 Å². The number of fused-ring (bicyclic) bond motifs is 1. The van der Waals surface area contributed by atoms with Crippen molar-refractivity contribution in [2.24, 2.45) is 0 Å². The normalized spacial score (nSPS) is 11.5. The summed E-state index contributed by atoms with van der Waals surface area (Å²) in [4.78, 5) is 6.73. The Morgan fingerprint density at radius 2 is 1.88 bits per heavy atom. The maximum absolute atomic E-state index is 5.78. The molecule has 0 amide bonds. The van der Waals surface area contributed by atoms with Crippen molar-refractivity contribution >= 4 is 5.65 Å². The summed E-state index contributed by atoms with van der Waals surface area (Å²) in [6, 6.07) is 11.8. The van der Waals surface area contributed by atoms with Crippen molar-refractivity contribution in [1.29, 1.82) is 0 Å². The van der Waals surface area contributed by atoms with E-state index in [1.165, 1.54) is 0 Å². The average molecular weight is 348 g/mol. The molecule has 3 aromatic heterocycles. The first-order valence-electron chi connectivity index (χ1n) is 8.47. The van der Waals surface area contributed by atoms with Gasteiger partial charge >= 0.3 is 0 Å². The van der Waals surface area contributed by atoms with Gasteiger partial charge in [0.05, 0.1) is 12.7 Å². The summed E-state index contributed by atoms with van der Waals surface area (Å²) in [7, 11) is 2.01. The zero-order chi connectivity index (χ0) is 18.1. The lowest BCUT2D eigenvalue weighted by Crippen LogP contribution is -2.17. The fourth-order valence-corrected chi connectivity index (χ4v) is 3.02. The highest BCUT2D eigenvalue weighted by atomic mass is 16.4. The van der Waals surface area contributed by atoms with Crippen LogP contribution in [0.2, 0.25) is 0 Å². The van der Waals surface area contributed by atoms with Gasteiger partial charge < -0.3 is 4.42 Å². The Balaban J connectivity index is 1.50. The lowest BCUT2D eigenvalue weighted by Gasteiger charge is -2.13. The Hall–Kier alpha value is -3.06. The molecule has 7 nitrogen and oxygen atoms in total. The van der Waals surface area contributed by atoms with Gasteiger partial charge in [-0.15, -0.1) is 10.2 Å². The van der Waals surface area contributed by atoms with Crippen molar-refractivity contribution in [2.75, 3.05) is 7.05 Å². The van der Waals surface area contributed by atoms with Crippen LogP contribution in [0.15, 0.2) is 47.0 Å². The van der Waals surface area contributed by atoms with Gasteiger partial charge in [-0.05, 0) is 39.1 Å². The zero-order valence-electron chi connectivity index (χ0n) is 15.0. The summed E-state index contributed by atoms with van der Waals surface area (Å²) in [5, 5.41) is 12.7. The largest absolute Gasteiger partial charge is 0.419 e. The van der Waals surface area contributed by atoms with Gasteiger partial charge in [0, 0.05) is 29.1 Å². The molecule has 0 radical (unpaired) electrons. The third-order valence-corrected chi connectivity index (χ3v) is 4.18. The molecule has 7 heteroatoms. The van der Waals surface area contributed by atoms with E-state index in [4.69, 9.17) is 4.42 Å². The van der Waals surface area contributed by atoms with E-state index in [9.17, 15) is 0 Å². The van der Waals surface area contributed by atoms with Gasteiger partial charge in [-0.1, -0.05) is 18.2 Å². The summed E-state index contributed by atoms with van der Waals surface area (Å²) in [6.45, 7) is 5.28. The number of nitrogens with zero attached hydrogens (tertiary/aromatic N) is 6. The topological polar surface area (TPSA) is 72.3 Å². The third kappa shape index (κ3) is 3.21. The summed E-state index contributed by atoms with van der Waals surface area (Å²) < 4.78 is 7.66. The molecule has 4 rings (SSSR count). The number of aromatic nitrogens is 5. The Bertz CT molecular complexity index is 1040. The van der Waals surface area contributed by atoms with E-state index in [2.05, 4.69) is 25.2 Å². The molecule has 0 fully saturated rings. The minimum atomic E-state index is 0.540. The molecule has 0 saturated heterocycles. The smallest absolute Gasteiger partial charge is 0.247 e. The highest BCUT2D eigenvalue weighted by molar-refractivity contribution is 5.51. The second-order valence-corrected chi connectivity index (χ2v) is 6.48. The van der Waals surface area contributed by atoms with Crippen molar-refractivity contribution in [3.8, 4) is 11.5 Å². The first kappa shape index (κ1) is 16.4. The van der Waals surface area contributed by atoms with E-state index in [0.29, 0.717) is 24.9 Å². The minimum absolute atomic E-state index is 0.540. The molecular weight excluding hydrogens is 328 g/mol. The summed E-state index contributed by atoms with van der Waals surface area (Å²) in [5.41, 5.74) is 4.95. The first-order valence-corrected chi connectivity index (χ1v) is 8.47. The van der Waals surface area contributed by atoms with Gasteiger partial charge in [0.2, 0.25) is 11.8 Å². The van der Waals surface area contributed by atoms with Crippen LogP contribution in [0, 0.1) is 13.8 Å². The molecular formula is C19H20N6O. The Kier molecular flexibility index (Phi) is 4.22. The van der Waals surface area contributed by atoms with Crippen LogP contribution in [0.3, 0.4) is 0 Å². The molecule has 26 heavy (non-hydrogen) atoms. The van der Waals surface area contributed by atoms with Gasteiger partial charge in [-0.2, -0.15) is 5.10 Å². The second-order valence-electron chi connectivity index (χ2n) is 6.48. The number of hydrogen-bond acceptors (Lipinski definition) is 6. The van der Waals surface area contributed by atoms with Gasteiger partial charge in [-0.25, -0.2) is 9.50 Å². The minimum Gasteiger partial charge on any atom is -0.419 e. The molecule has 0 bridgehead atoms. The lowest BCUT2D eigenvalue weighted by atomic mass is 10.2. The van der Waals surface area contributed by atoms with Crippen molar-refractivity contribution in [1.82, 2.24) is 29.7 Å². The van der Waals surface area contributed by atoms with E-state index in [1.54, 1.807) is 0 Å². The molecule has 0 aliphatic rings. The number of aryl methyl sites for hydroxylation is 2. The highest BCUT2D eigenvalue weighted by Gasteiger charge is 2.14. The number of benzene rings is 1. The SMILES string of the molecule is Cc1cc(C)n2ncc(CN(C)Cc3nnc(-c4ccccc4)o3)c2n1. The molecule has 0 spiro atoms. The Morgan fingerprint density at radius 1 is 1.08 bits per heavy atom.